The Balaban J connectivity index is 1.64. The Hall–Kier alpha value is -1.47. The summed E-state index contributed by atoms with van der Waals surface area (Å²) in [4.78, 5) is 21.2. The first-order valence-electron chi connectivity index (χ1n) is 8.49. The lowest BCUT2D eigenvalue weighted by Gasteiger charge is -2.39. The molecule has 3 rings (SSSR count). The van der Waals surface area contributed by atoms with Crippen LogP contribution in [-0.2, 0) is 11.3 Å². The molecule has 0 unspecified atom stereocenters. The lowest BCUT2D eigenvalue weighted by atomic mass is 9.78. The van der Waals surface area contributed by atoms with Gasteiger partial charge in [0.05, 0.1) is 18.6 Å². The van der Waals surface area contributed by atoms with Gasteiger partial charge < -0.3 is 14.5 Å². The van der Waals surface area contributed by atoms with Gasteiger partial charge in [-0.3, -0.25) is 9.69 Å². The van der Waals surface area contributed by atoms with Gasteiger partial charge in [-0.2, -0.15) is 4.98 Å². The Kier molecular flexibility index (Phi) is 4.68. The SMILES string of the molecule is CC(C)c1noc(CN2CC[C@]3(CCCN(CCO)C3=O)C2)n1. The number of carbonyl (C=O) groups is 1. The standard InChI is InChI=1S/C16H26N4O3/c1-12(2)14-17-13(23-18-14)10-19-7-5-16(11-19)4-3-6-20(8-9-21)15(16)22/h12,21H,3-11H2,1-2H3/t16-/m1/s1. The van der Waals surface area contributed by atoms with E-state index in [1.54, 1.807) is 0 Å². The number of nitrogens with zero attached hydrogens (tertiary/aromatic N) is 4. The van der Waals surface area contributed by atoms with E-state index in [1.165, 1.54) is 0 Å². The topological polar surface area (TPSA) is 82.7 Å². The van der Waals surface area contributed by atoms with Crippen LogP contribution in [0, 0.1) is 5.41 Å². The Morgan fingerprint density at radius 3 is 2.87 bits per heavy atom. The largest absolute Gasteiger partial charge is 0.395 e. The molecular weight excluding hydrogens is 296 g/mol. The number of hydrogen-bond donors (Lipinski definition) is 1. The fourth-order valence-corrected chi connectivity index (χ4v) is 3.72. The van der Waals surface area contributed by atoms with Crippen molar-refractivity contribution in [2.75, 3.05) is 32.8 Å². The second-order valence-corrected chi connectivity index (χ2v) is 7.06. The Bertz CT molecular complexity index is 557. The highest BCUT2D eigenvalue weighted by molar-refractivity contribution is 5.84. The molecule has 1 spiro atoms. The first kappa shape index (κ1) is 16.4. The third kappa shape index (κ3) is 3.26. The van der Waals surface area contributed by atoms with Crippen molar-refractivity contribution in [3.63, 3.8) is 0 Å². The van der Waals surface area contributed by atoms with Crippen LogP contribution in [0.1, 0.15) is 50.7 Å². The van der Waals surface area contributed by atoms with Gasteiger partial charge in [-0.1, -0.05) is 19.0 Å². The molecule has 0 radical (unpaired) electrons. The zero-order chi connectivity index (χ0) is 16.4. The first-order valence-corrected chi connectivity index (χ1v) is 8.49. The summed E-state index contributed by atoms with van der Waals surface area (Å²) in [6.45, 7) is 7.54. The molecule has 3 heterocycles. The molecule has 1 atom stereocenters. The predicted molar refractivity (Wildman–Crippen MR) is 83.6 cm³/mol. The average molecular weight is 322 g/mol. The summed E-state index contributed by atoms with van der Waals surface area (Å²) >= 11 is 0. The van der Waals surface area contributed by atoms with E-state index < -0.39 is 0 Å². The molecule has 1 aromatic rings. The molecule has 0 saturated carbocycles. The number of rotatable bonds is 5. The third-order valence-electron chi connectivity index (χ3n) is 4.99. The van der Waals surface area contributed by atoms with Crippen LogP contribution in [0.3, 0.4) is 0 Å². The van der Waals surface area contributed by atoms with Crippen LogP contribution in [0.5, 0.6) is 0 Å². The molecule has 1 N–H and O–H groups in total. The summed E-state index contributed by atoms with van der Waals surface area (Å²) in [5.41, 5.74) is -0.283. The zero-order valence-corrected chi connectivity index (χ0v) is 14.0. The van der Waals surface area contributed by atoms with Crippen LogP contribution in [0.4, 0.5) is 0 Å². The van der Waals surface area contributed by atoms with E-state index in [1.807, 2.05) is 18.7 Å². The maximum absolute atomic E-state index is 12.8. The van der Waals surface area contributed by atoms with Gasteiger partial charge in [0.2, 0.25) is 11.8 Å². The van der Waals surface area contributed by atoms with Crippen LogP contribution in [0.15, 0.2) is 4.52 Å². The Labute approximate surface area is 136 Å². The van der Waals surface area contributed by atoms with Crippen molar-refractivity contribution in [3.05, 3.63) is 11.7 Å². The van der Waals surface area contributed by atoms with E-state index in [2.05, 4.69) is 15.0 Å². The van der Waals surface area contributed by atoms with Gasteiger partial charge in [0, 0.05) is 25.6 Å². The average Bonchev–Trinajstić information content (AvgIpc) is 3.13. The molecule has 7 heteroatoms. The monoisotopic (exact) mass is 322 g/mol. The highest BCUT2D eigenvalue weighted by Gasteiger charge is 2.48. The van der Waals surface area contributed by atoms with E-state index >= 15 is 0 Å². The van der Waals surface area contributed by atoms with Gasteiger partial charge in [0.15, 0.2) is 5.82 Å². The lowest BCUT2D eigenvalue weighted by molar-refractivity contribution is -0.146. The second kappa shape index (κ2) is 6.57. The van der Waals surface area contributed by atoms with Crippen LogP contribution >= 0.6 is 0 Å². The van der Waals surface area contributed by atoms with Crippen LogP contribution in [0.25, 0.3) is 0 Å². The number of amides is 1. The Morgan fingerprint density at radius 2 is 2.17 bits per heavy atom. The molecule has 0 aliphatic carbocycles. The van der Waals surface area contributed by atoms with E-state index in [9.17, 15) is 4.79 Å². The van der Waals surface area contributed by atoms with Gasteiger partial charge in [-0.05, 0) is 25.8 Å². The number of β-amino-alcohol motifs (C(OH)–C–C–N with tert-alkyl or cyclic N) is 1. The van der Waals surface area contributed by atoms with E-state index in [0.29, 0.717) is 19.0 Å². The summed E-state index contributed by atoms with van der Waals surface area (Å²) < 4.78 is 5.32. The first-order chi connectivity index (χ1) is 11.0. The molecule has 1 amide bonds. The van der Waals surface area contributed by atoms with Crippen LogP contribution in [0.2, 0.25) is 0 Å². The summed E-state index contributed by atoms with van der Waals surface area (Å²) in [5, 5.41) is 13.1. The third-order valence-corrected chi connectivity index (χ3v) is 4.99. The van der Waals surface area contributed by atoms with Gasteiger partial charge in [0.25, 0.3) is 0 Å². The fourth-order valence-electron chi connectivity index (χ4n) is 3.72. The number of aliphatic hydroxyl groups excluding tert-OH is 1. The normalized spacial score (nSPS) is 25.9. The summed E-state index contributed by atoms with van der Waals surface area (Å²) in [7, 11) is 0. The number of piperidine rings is 1. The van der Waals surface area contributed by atoms with Crippen molar-refractivity contribution in [1.29, 1.82) is 0 Å². The van der Waals surface area contributed by atoms with Crippen molar-refractivity contribution in [2.45, 2.75) is 45.6 Å². The number of hydrogen-bond acceptors (Lipinski definition) is 6. The minimum absolute atomic E-state index is 0.0332. The highest BCUT2D eigenvalue weighted by atomic mass is 16.5. The molecule has 2 aliphatic rings. The second-order valence-electron chi connectivity index (χ2n) is 7.06. The molecule has 2 fully saturated rings. The fraction of sp³-hybridized carbons (Fsp3) is 0.812. The molecule has 1 aromatic heterocycles. The maximum atomic E-state index is 12.8. The number of aliphatic hydroxyl groups is 1. The molecule has 128 valence electrons. The van der Waals surface area contributed by atoms with Crippen molar-refractivity contribution in [1.82, 2.24) is 19.9 Å². The minimum atomic E-state index is -0.283. The van der Waals surface area contributed by atoms with Gasteiger partial charge >= 0.3 is 0 Å². The summed E-state index contributed by atoms with van der Waals surface area (Å²) in [6.07, 6.45) is 2.82. The maximum Gasteiger partial charge on any atom is 0.240 e. The van der Waals surface area contributed by atoms with Gasteiger partial charge in [0.1, 0.15) is 0 Å². The number of carbonyl (C=O) groups excluding carboxylic acids is 1. The zero-order valence-electron chi connectivity index (χ0n) is 14.0. The number of aromatic nitrogens is 2. The van der Waals surface area contributed by atoms with E-state index in [4.69, 9.17) is 9.63 Å². The van der Waals surface area contributed by atoms with Crippen molar-refractivity contribution in [2.24, 2.45) is 5.41 Å². The van der Waals surface area contributed by atoms with Crippen molar-refractivity contribution < 1.29 is 14.4 Å². The summed E-state index contributed by atoms with van der Waals surface area (Å²) in [6, 6.07) is 0. The van der Waals surface area contributed by atoms with Crippen molar-refractivity contribution >= 4 is 5.91 Å². The van der Waals surface area contributed by atoms with Gasteiger partial charge in [-0.15, -0.1) is 0 Å². The smallest absolute Gasteiger partial charge is 0.240 e. The lowest BCUT2D eigenvalue weighted by Crippen LogP contribution is -2.50. The van der Waals surface area contributed by atoms with Crippen LogP contribution in [-0.4, -0.2) is 63.7 Å². The molecule has 2 saturated heterocycles. The molecule has 0 bridgehead atoms. The van der Waals surface area contributed by atoms with E-state index in [-0.39, 0.29) is 23.8 Å². The molecule has 7 nitrogen and oxygen atoms in total. The molecule has 2 aliphatic heterocycles. The highest BCUT2D eigenvalue weighted by Crippen LogP contribution is 2.40. The Morgan fingerprint density at radius 1 is 1.35 bits per heavy atom. The molecule has 0 aromatic carbocycles. The van der Waals surface area contributed by atoms with Crippen molar-refractivity contribution in [3.8, 4) is 0 Å². The predicted octanol–water partition coefficient (Wildman–Crippen LogP) is 1.000. The summed E-state index contributed by atoms with van der Waals surface area (Å²) in [5.74, 6) is 1.82. The van der Waals surface area contributed by atoms with E-state index in [0.717, 1.165) is 44.7 Å². The van der Waals surface area contributed by atoms with Crippen LogP contribution < -0.4 is 0 Å². The molecular formula is C16H26N4O3. The minimum Gasteiger partial charge on any atom is -0.395 e. The molecule has 23 heavy (non-hydrogen) atoms. The number of likely N-dealkylation sites (tertiary alicyclic amines) is 2. The van der Waals surface area contributed by atoms with Gasteiger partial charge in [-0.25, -0.2) is 0 Å². The quantitative estimate of drug-likeness (QED) is 0.871.